The topological polar surface area (TPSA) is 123 Å². The van der Waals surface area contributed by atoms with E-state index in [9.17, 15) is 18.0 Å². The lowest BCUT2D eigenvalue weighted by Gasteiger charge is -2.10. The SMILES string of the molecule is COc1ccc(Br)cc1C(=O)N/N=C\c1ccc(OS(=O)(=O)c2ccc(NC(C)=O)cc2)c(Br)c1. The molecule has 2 N–H and O–H groups in total. The van der Waals surface area contributed by atoms with E-state index in [2.05, 4.69) is 47.7 Å². The molecule has 0 aliphatic carbocycles. The Bertz CT molecular complexity index is 1390. The van der Waals surface area contributed by atoms with Crippen molar-refractivity contribution in [3.63, 3.8) is 0 Å². The monoisotopic (exact) mass is 623 g/mol. The number of carbonyl (C=O) groups excluding carboxylic acids is 2. The van der Waals surface area contributed by atoms with Gasteiger partial charge in [-0.1, -0.05) is 15.9 Å². The summed E-state index contributed by atoms with van der Waals surface area (Å²) >= 11 is 6.60. The molecule has 182 valence electrons. The average Bonchev–Trinajstić information content (AvgIpc) is 2.80. The van der Waals surface area contributed by atoms with E-state index in [-0.39, 0.29) is 16.6 Å². The van der Waals surface area contributed by atoms with Crippen molar-refractivity contribution in [3.05, 3.63) is 80.7 Å². The van der Waals surface area contributed by atoms with Crippen LogP contribution in [0.3, 0.4) is 0 Å². The van der Waals surface area contributed by atoms with Crippen LogP contribution in [0, 0.1) is 0 Å². The molecular weight excluding hydrogens is 606 g/mol. The summed E-state index contributed by atoms with van der Waals surface area (Å²) in [6, 6.07) is 15.2. The van der Waals surface area contributed by atoms with Crippen molar-refractivity contribution in [1.29, 1.82) is 0 Å². The largest absolute Gasteiger partial charge is 0.496 e. The molecule has 0 radical (unpaired) electrons. The molecule has 9 nitrogen and oxygen atoms in total. The van der Waals surface area contributed by atoms with Gasteiger partial charge in [-0.3, -0.25) is 9.59 Å². The van der Waals surface area contributed by atoms with E-state index in [1.807, 2.05) is 0 Å². The first kappa shape index (κ1) is 26.4. The van der Waals surface area contributed by atoms with Gasteiger partial charge in [0, 0.05) is 17.1 Å². The van der Waals surface area contributed by atoms with Crippen molar-refractivity contribution in [3.8, 4) is 11.5 Å². The molecule has 0 unspecified atom stereocenters. The number of methoxy groups -OCH3 is 1. The highest BCUT2D eigenvalue weighted by Gasteiger charge is 2.18. The van der Waals surface area contributed by atoms with Gasteiger partial charge >= 0.3 is 10.1 Å². The third kappa shape index (κ3) is 7.13. The number of nitrogens with zero attached hydrogens (tertiary/aromatic N) is 1. The zero-order chi connectivity index (χ0) is 25.6. The molecule has 3 rings (SSSR count). The molecule has 0 heterocycles. The molecule has 0 aliphatic rings. The van der Waals surface area contributed by atoms with Crippen LogP contribution < -0.4 is 19.7 Å². The minimum Gasteiger partial charge on any atom is -0.496 e. The normalized spacial score (nSPS) is 11.2. The number of anilines is 1. The number of amides is 2. The van der Waals surface area contributed by atoms with Crippen LogP contribution in [0.1, 0.15) is 22.8 Å². The van der Waals surface area contributed by atoms with Gasteiger partial charge in [-0.05, 0) is 82.2 Å². The molecule has 0 atom stereocenters. The second-order valence-corrected chi connectivity index (χ2v) is 10.3. The molecule has 0 saturated carbocycles. The Morgan fingerprint density at radius 1 is 0.971 bits per heavy atom. The van der Waals surface area contributed by atoms with Gasteiger partial charge in [0.05, 0.1) is 23.4 Å². The summed E-state index contributed by atoms with van der Waals surface area (Å²) in [6.45, 7) is 1.35. The lowest BCUT2D eigenvalue weighted by atomic mass is 10.2. The van der Waals surface area contributed by atoms with Crippen LogP contribution in [-0.2, 0) is 14.9 Å². The third-order valence-electron chi connectivity index (χ3n) is 4.40. The molecule has 0 spiro atoms. The lowest BCUT2D eigenvalue weighted by Crippen LogP contribution is -2.18. The van der Waals surface area contributed by atoms with Crippen molar-refractivity contribution in [2.75, 3.05) is 12.4 Å². The molecular formula is C23H19Br2N3O6S. The Morgan fingerprint density at radius 2 is 1.66 bits per heavy atom. The van der Waals surface area contributed by atoms with Crippen LogP contribution in [0.5, 0.6) is 11.5 Å². The predicted octanol–water partition coefficient (Wildman–Crippen LogP) is 4.71. The summed E-state index contributed by atoms with van der Waals surface area (Å²) < 4.78 is 36.7. The van der Waals surface area contributed by atoms with Crippen LogP contribution in [0.15, 0.2) is 79.6 Å². The van der Waals surface area contributed by atoms with Crippen LogP contribution in [0.4, 0.5) is 5.69 Å². The highest BCUT2D eigenvalue weighted by molar-refractivity contribution is 9.10. The molecule has 0 bridgehead atoms. The molecule has 3 aromatic carbocycles. The van der Waals surface area contributed by atoms with Crippen molar-refractivity contribution < 1.29 is 26.9 Å². The van der Waals surface area contributed by atoms with Gasteiger partial charge in [0.15, 0.2) is 5.75 Å². The Morgan fingerprint density at radius 3 is 2.29 bits per heavy atom. The maximum Gasteiger partial charge on any atom is 0.339 e. The summed E-state index contributed by atoms with van der Waals surface area (Å²) in [5, 5.41) is 6.50. The number of carbonyl (C=O) groups is 2. The number of ether oxygens (including phenoxy) is 1. The summed E-state index contributed by atoms with van der Waals surface area (Å²) in [7, 11) is -2.65. The van der Waals surface area contributed by atoms with E-state index >= 15 is 0 Å². The van der Waals surface area contributed by atoms with Crippen molar-refractivity contribution in [2.24, 2.45) is 5.10 Å². The van der Waals surface area contributed by atoms with Crippen molar-refractivity contribution >= 4 is 65.7 Å². The van der Waals surface area contributed by atoms with Gasteiger partial charge in [-0.15, -0.1) is 0 Å². The molecule has 0 saturated heterocycles. The van der Waals surface area contributed by atoms with Crippen LogP contribution in [0.2, 0.25) is 0 Å². The Labute approximate surface area is 218 Å². The first-order chi connectivity index (χ1) is 16.6. The van der Waals surface area contributed by atoms with E-state index in [1.165, 1.54) is 50.6 Å². The van der Waals surface area contributed by atoms with Gasteiger partial charge < -0.3 is 14.2 Å². The fraction of sp³-hybridized carbons (Fsp3) is 0.0870. The fourth-order valence-electron chi connectivity index (χ4n) is 2.82. The second-order valence-electron chi connectivity index (χ2n) is 6.98. The number of hydrazone groups is 1. The van der Waals surface area contributed by atoms with Crippen LogP contribution in [-0.4, -0.2) is 33.6 Å². The Kier molecular flexibility index (Phi) is 8.65. The maximum atomic E-state index is 12.6. The smallest absolute Gasteiger partial charge is 0.339 e. The van der Waals surface area contributed by atoms with E-state index in [4.69, 9.17) is 8.92 Å². The number of halogens is 2. The Hall–Kier alpha value is -3.22. The number of benzene rings is 3. The quantitative estimate of drug-likeness (QED) is 0.213. The highest BCUT2D eigenvalue weighted by atomic mass is 79.9. The average molecular weight is 625 g/mol. The van der Waals surface area contributed by atoms with Crippen LogP contribution >= 0.6 is 31.9 Å². The molecule has 12 heteroatoms. The molecule has 35 heavy (non-hydrogen) atoms. The minimum absolute atomic E-state index is 0.0657. The summed E-state index contributed by atoms with van der Waals surface area (Å²) in [6.07, 6.45) is 1.39. The standard InChI is InChI=1S/C23H19Br2N3O6S/c1-14(29)27-17-5-7-18(8-6-17)35(31,32)34-22-9-3-15(11-20(22)25)13-26-28-23(30)19-12-16(24)4-10-21(19)33-2/h3-13H,1-2H3,(H,27,29)(H,28,30)/b26-13-. The number of hydrogen-bond donors (Lipinski definition) is 2. The molecule has 0 aromatic heterocycles. The van der Waals surface area contributed by atoms with E-state index < -0.39 is 16.0 Å². The zero-order valence-electron chi connectivity index (χ0n) is 18.4. The van der Waals surface area contributed by atoms with Crippen molar-refractivity contribution in [1.82, 2.24) is 5.43 Å². The van der Waals surface area contributed by atoms with E-state index in [0.29, 0.717) is 31.5 Å². The second kappa shape index (κ2) is 11.5. The van der Waals surface area contributed by atoms with E-state index in [1.54, 1.807) is 30.3 Å². The molecule has 0 aliphatic heterocycles. The van der Waals surface area contributed by atoms with Gasteiger partial charge in [0.2, 0.25) is 5.91 Å². The number of rotatable bonds is 8. The number of hydrogen-bond acceptors (Lipinski definition) is 7. The van der Waals surface area contributed by atoms with Crippen LogP contribution in [0.25, 0.3) is 0 Å². The first-order valence-corrected chi connectivity index (χ1v) is 12.9. The highest BCUT2D eigenvalue weighted by Crippen LogP contribution is 2.29. The van der Waals surface area contributed by atoms with Gasteiger partial charge in [0.1, 0.15) is 10.6 Å². The summed E-state index contributed by atoms with van der Waals surface area (Å²) in [5.74, 6) is -0.266. The summed E-state index contributed by atoms with van der Waals surface area (Å²) in [4.78, 5) is 23.4. The van der Waals surface area contributed by atoms with Gasteiger partial charge in [-0.2, -0.15) is 13.5 Å². The molecule has 3 aromatic rings. The first-order valence-electron chi connectivity index (χ1n) is 9.87. The van der Waals surface area contributed by atoms with Crippen molar-refractivity contribution in [2.45, 2.75) is 11.8 Å². The van der Waals surface area contributed by atoms with Gasteiger partial charge in [-0.25, -0.2) is 5.43 Å². The fourth-order valence-corrected chi connectivity index (χ4v) is 4.72. The minimum atomic E-state index is -4.11. The lowest BCUT2D eigenvalue weighted by molar-refractivity contribution is -0.114. The molecule has 2 amide bonds. The summed E-state index contributed by atoms with van der Waals surface area (Å²) in [5.41, 5.74) is 3.76. The predicted molar refractivity (Wildman–Crippen MR) is 138 cm³/mol. The third-order valence-corrected chi connectivity index (χ3v) is 6.77. The Balaban J connectivity index is 1.68. The van der Waals surface area contributed by atoms with E-state index in [0.717, 1.165) is 0 Å². The van der Waals surface area contributed by atoms with Gasteiger partial charge in [0.25, 0.3) is 5.91 Å². The maximum absolute atomic E-state index is 12.6. The zero-order valence-corrected chi connectivity index (χ0v) is 22.4. The molecule has 0 fully saturated rings. The number of nitrogens with one attached hydrogen (secondary N) is 2.